The van der Waals surface area contributed by atoms with Crippen LogP contribution < -0.4 is 16.6 Å². The summed E-state index contributed by atoms with van der Waals surface area (Å²) in [6.07, 6.45) is 3.46. The molecule has 1 amide bonds. The molecule has 0 saturated heterocycles. The fourth-order valence-corrected chi connectivity index (χ4v) is 5.85. The zero-order valence-corrected chi connectivity index (χ0v) is 22.7. The van der Waals surface area contributed by atoms with Crippen molar-refractivity contribution in [2.75, 3.05) is 6.26 Å². The molecule has 0 atom stereocenters. The molecule has 2 aromatic heterocycles. The van der Waals surface area contributed by atoms with Crippen molar-refractivity contribution in [1.82, 2.24) is 19.4 Å². The molecule has 2 heterocycles. The minimum Gasteiger partial charge on any atom is -0.507 e. The number of pyridine rings is 1. The molecule has 1 aliphatic rings. The first-order valence-corrected chi connectivity index (χ1v) is 14.6. The number of nitrogens with zero attached hydrogens (tertiary/aromatic N) is 3. The van der Waals surface area contributed by atoms with Gasteiger partial charge in [-0.05, 0) is 68.1 Å². The van der Waals surface area contributed by atoms with E-state index < -0.39 is 38.9 Å². The topological polar surface area (TPSA) is 140 Å². The van der Waals surface area contributed by atoms with Gasteiger partial charge in [0.25, 0.3) is 11.5 Å². The minimum absolute atomic E-state index is 0.0353. The lowest BCUT2D eigenvalue weighted by atomic mass is 9.90. The van der Waals surface area contributed by atoms with Crippen molar-refractivity contribution < 1.29 is 22.7 Å². The zero-order valence-electron chi connectivity index (χ0n) is 21.2. The van der Waals surface area contributed by atoms with Gasteiger partial charge in [0.05, 0.1) is 27.7 Å². The fourth-order valence-electron chi connectivity index (χ4n) is 5.02. The first-order chi connectivity index (χ1) is 18.9. The highest BCUT2D eigenvalue weighted by Crippen LogP contribution is 2.29. The Morgan fingerprint density at radius 2 is 1.82 bits per heavy atom. The first kappa shape index (κ1) is 27.5. The van der Waals surface area contributed by atoms with Crippen molar-refractivity contribution in [2.24, 2.45) is 0 Å². The van der Waals surface area contributed by atoms with Crippen LogP contribution in [-0.2, 0) is 9.84 Å². The van der Waals surface area contributed by atoms with Gasteiger partial charge < -0.3 is 10.4 Å². The van der Waals surface area contributed by atoms with Crippen LogP contribution in [-0.4, -0.2) is 45.8 Å². The zero-order chi connectivity index (χ0) is 28.8. The largest absolute Gasteiger partial charge is 0.507 e. The van der Waals surface area contributed by atoms with E-state index in [-0.39, 0.29) is 39.0 Å². The highest BCUT2D eigenvalue weighted by molar-refractivity contribution is 7.90. The number of nitrogens with one attached hydrogen (secondary N) is 1. The standard InChI is InChI=1S/C27H24ClFN4O6S/c1-40(38,39)20-4-2-3-19(13-20)32-24-22(12-16(29)14-30-24)26(36)33(27(32)37)18-8-6-17(7-9-18)31-25(35)21-11-15(28)5-10-23(21)34/h2-5,10-14,17-18,34H,6-9H2,1H3,(H,31,35). The van der Waals surface area contributed by atoms with Gasteiger partial charge in [-0.15, -0.1) is 0 Å². The molecule has 208 valence electrons. The van der Waals surface area contributed by atoms with Crippen LogP contribution in [0.5, 0.6) is 5.75 Å². The highest BCUT2D eigenvalue weighted by atomic mass is 35.5. The van der Waals surface area contributed by atoms with Crippen LogP contribution in [0, 0.1) is 5.82 Å². The highest BCUT2D eigenvalue weighted by Gasteiger charge is 2.28. The molecule has 0 spiro atoms. The Bertz CT molecular complexity index is 1880. The van der Waals surface area contributed by atoms with Gasteiger partial charge in [-0.25, -0.2) is 27.2 Å². The number of phenolic OH excluding ortho intramolecular Hbond substituents is 1. The van der Waals surface area contributed by atoms with Gasteiger partial charge in [0, 0.05) is 23.4 Å². The van der Waals surface area contributed by atoms with Crippen LogP contribution in [0.15, 0.2) is 69.2 Å². The maximum atomic E-state index is 14.2. The number of carbonyl (C=O) groups is 1. The summed E-state index contributed by atoms with van der Waals surface area (Å²) in [6.45, 7) is 0. The third kappa shape index (κ3) is 5.24. The number of phenols is 1. The maximum absolute atomic E-state index is 14.2. The molecule has 10 nitrogen and oxygen atoms in total. The number of rotatable bonds is 5. The molecular formula is C27H24ClFN4O6S. The van der Waals surface area contributed by atoms with E-state index in [4.69, 9.17) is 11.6 Å². The summed E-state index contributed by atoms with van der Waals surface area (Å²) in [7, 11) is -3.61. The number of fused-ring (bicyclic) bond motifs is 1. The molecule has 13 heteroatoms. The van der Waals surface area contributed by atoms with E-state index >= 15 is 0 Å². The minimum atomic E-state index is -3.61. The second kappa shape index (κ2) is 10.5. The number of hydrogen-bond acceptors (Lipinski definition) is 7. The summed E-state index contributed by atoms with van der Waals surface area (Å²) in [5.41, 5.74) is -1.35. The molecular weight excluding hydrogens is 563 g/mol. The van der Waals surface area contributed by atoms with Crippen LogP contribution in [0.4, 0.5) is 4.39 Å². The molecule has 40 heavy (non-hydrogen) atoms. The Kier molecular flexibility index (Phi) is 7.23. The molecule has 4 aromatic rings. The van der Waals surface area contributed by atoms with Crippen molar-refractivity contribution in [3.8, 4) is 11.4 Å². The number of amides is 1. The Balaban J connectivity index is 1.50. The van der Waals surface area contributed by atoms with Gasteiger partial charge in [0.2, 0.25) is 0 Å². The van der Waals surface area contributed by atoms with E-state index in [1.54, 1.807) is 0 Å². The average molecular weight is 587 g/mol. The van der Waals surface area contributed by atoms with Gasteiger partial charge in [-0.3, -0.25) is 14.2 Å². The normalized spacial score (nSPS) is 17.6. The van der Waals surface area contributed by atoms with E-state index in [1.807, 2.05) is 0 Å². The van der Waals surface area contributed by atoms with E-state index in [9.17, 15) is 32.3 Å². The fraction of sp³-hybridized carbons (Fsp3) is 0.259. The summed E-state index contributed by atoms with van der Waals surface area (Å²) >= 11 is 5.95. The van der Waals surface area contributed by atoms with E-state index in [0.717, 1.165) is 27.7 Å². The number of hydrogen-bond donors (Lipinski definition) is 2. The lowest BCUT2D eigenvalue weighted by Gasteiger charge is -2.30. The Labute approximate surface area is 232 Å². The second-order valence-electron chi connectivity index (χ2n) is 9.73. The molecule has 1 aliphatic carbocycles. The SMILES string of the molecule is CS(=O)(=O)c1cccc(-n2c(=O)n(C3CCC(NC(=O)c4cc(Cl)ccc4O)CC3)c(=O)c3cc(F)cnc32)c1. The number of carbonyl (C=O) groups excluding carboxylic acids is 1. The molecule has 1 saturated carbocycles. The van der Waals surface area contributed by atoms with Crippen LogP contribution in [0.3, 0.4) is 0 Å². The Morgan fingerprint density at radius 3 is 2.52 bits per heavy atom. The van der Waals surface area contributed by atoms with Crippen molar-refractivity contribution in [3.63, 3.8) is 0 Å². The number of halogens is 2. The quantitative estimate of drug-likeness (QED) is 0.365. The molecule has 0 bridgehead atoms. The molecule has 0 radical (unpaired) electrons. The van der Waals surface area contributed by atoms with Crippen LogP contribution >= 0.6 is 11.6 Å². The lowest BCUT2D eigenvalue weighted by Crippen LogP contribution is -2.45. The third-order valence-electron chi connectivity index (χ3n) is 7.00. The van der Waals surface area contributed by atoms with Gasteiger partial charge in [-0.1, -0.05) is 17.7 Å². The van der Waals surface area contributed by atoms with E-state index in [2.05, 4.69) is 10.3 Å². The number of aromatic nitrogens is 3. The third-order valence-corrected chi connectivity index (χ3v) is 8.34. The molecule has 0 unspecified atom stereocenters. The van der Waals surface area contributed by atoms with Crippen molar-refractivity contribution in [3.05, 3.63) is 92.0 Å². The predicted molar refractivity (Wildman–Crippen MR) is 147 cm³/mol. The summed E-state index contributed by atoms with van der Waals surface area (Å²) in [4.78, 5) is 43.9. The summed E-state index contributed by atoms with van der Waals surface area (Å²) in [5.74, 6) is -1.47. The smallest absolute Gasteiger partial charge is 0.337 e. The molecule has 2 N–H and O–H groups in total. The monoisotopic (exact) mass is 586 g/mol. The predicted octanol–water partition coefficient (Wildman–Crippen LogP) is 3.36. The van der Waals surface area contributed by atoms with Crippen molar-refractivity contribution >= 4 is 38.4 Å². The van der Waals surface area contributed by atoms with Gasteiger partial charge in [-0.2, -0.15) is 0 Å². The van der Waals surface area contributed by atoms with Gasteiger partial charge >= 0.3 is 5.69 Å². The lowest BCUT2D eigenvalue weighted by molar-refractivity contribution is 0.0919. The van der Waals surface area contributed by atoms with E-state index in [0.29, 0.717) is 30.7 Å². The van der Waals surface area contributed by atoms with Crippen molar-refractivity contribution in [2.45, 2.75) is 42.7 Å². The molecule has 1 fully saturated rings. The van der Waals surface area contributed by atoms with Crippen LogP contribution in [0.2, 0.25) is 5.02 Å². The summed E-state index contributed by atoms with van der Waals surface area (Å²) in [5, 5.41) is 13.0. The first-order valence-electron chi connectivity index (χ1n) is 12.4. The molecule has 5 rings (SSSR count). The number of sulfone groups is 1. The van der Waals surface area contributed by atoms with Gasteiger partial charge in [0.1, 0.15) is 11.6 Å². The van der Waals surface area contributed by atoms with Crippen molar-refractivity contribution in [1.29, 1.82) is 0 Å². The molecule has 2 aromatic carbocycles. The maximum Gasteiger partial charge on any atom is 0.337 e. The number of benzene rings is 2. The van der Waals surface area contributed by atoms with Crippen LogP contribution in [0.1, 0.15) is 42.1 Å². The van der Waals surface area contributed by atoms with Gasteiger partial charge in [0.15, 0.2) is 15.5 Å². The number of aromatic hydroxyl groups is 1. The second-order valence-corrected chi connectivity index (χ2v) is 12.2. The van der Waals surface area contributed by atoms with Crippen LogP contribution in [0.25, 0.3) is 16.7 Å². The average Bonchev–Trinajstić information content (AvgIpc) is 2.91. The Hall–Kier alpha value is -4.03. The summed E-state index contributed by atoms with van der Waals surface area (Å²) in [6, 6.07) is 9.96. The molecule has 0 aliphatic heterocycles. The summed E-state index contributed by atoms with van der Waals surface area (Å²) < 4.78 is 40.6. The van der Waals surface area contributed by atoms with E-state index in [1.165, 1.54) is 42.5 Å². The Morgan fingerprint density at radius 1 is 1.10 bits per heavy atom.